The molecule has 0 aliphatic carbocycles. The molecule has 0 aliphatic heterocycles. The van der Waals surface area contributed by atoms with Crippen molar-refractivity contribution in [3.63, 3.8) is 0 Å². The summed E-state index contributed by atoms with van der Waals surface area (Å²) in [5.41, 5.74) is 5.54. The monoisotopic (exact) mass is 408 g/mol. The molecule has 0 atom stereocenters. The Morgan fingerprint density at radius 2 is 1.95 bits per heavy atom. The van der Waals surface area contributed by atoms with Crippen LogP contribution in [0.2, 0.25) is 0 Å². The number of nitrogens with zero attached hydrogens (tertiary/aromatic N) is 1. The fourth-order valence-electron chi connectivity index (χ4n) is 1.51. The molecule has 1 aromatic rings. The molecule has 0 aromatic heterocycles. The minimum absolute atomic E-state index is 0. The molecular weight excluding hydrogens is 386 g/mol. The first kappa shape index (κ1) is 19.6. The summed E-state index contributed by atoms with van der Waals surface area (Å²) in [7, 11) is 0. The maximum Gasteiger partial charge on any atom is 0.254 e. The fraction of sp³-hybridized carbons (Fsp3) is 0.429. The van der Waals surface area contributed by atoms with Gasteiger partial charge in [0.15, 0.2) is 5.96 Å². The van der Waals surface area contributed by atoms with E-state index in [9.17, 15) is 9.18 Å². The van der Waals surface area contributed by atoms with E-state index in [-0.39, 0.29) is 35.1 Å². The van der Waals surface area contributed by atoms with Gasteiger partial charge in [-0.25, -0.2) is 4.39 Å². The highest BCUT2D eigenvalue weighted by Gasteiger charge is 2.10. The molecule has 7 heteroatoms. The summed E-state index contributed by atoms with van der Waals surface area (Å²) < 4.78 is 13.3. The van der Waals surface area contributed by atoms with E-state index >= 15 is 0 Å². The van der Waals surface area contributed by atoms with Gasteiger partial charge < -0.3 is 16.4 Å². The average Bonchev–Trinajstić information content (AvgIpc) is 2.33. The second-order valence-electron chi connectivity index (χ2n) is 5.38. The van der Waals surface area contributed by atoms with Gasteiger partial charge in [-0.1, -0.05) is 12.1 Å². The zero-order chi connectivity index (χ0) is 15.2. The number of carbonyl (C=O) groups is 1. The van der Waals surface area contributed by atoms with Gasteiger partial charge in [-0.3, -0.25) is 9.79 Å². The zero-order valence-electron chi connectivity index (χ0n) is 12.4. The summed E-state index contributed by atoms with van der Waals surface area (Å²) in [5, 5.41) is 5.59. The van der Waals surface area contributed by atoms with Crippen molar-refractivity contribution in [2.24, 2.45) is 10.7 Å². The van der Waals surface area contributed by atoms with Gasteiger partial charge in [0.2, 0.25) is 0 Å². The molecule has 4 N–H and O–H groups in total. The van der Waals surface area contributed by atoms with E-state index in [1.165, 1.54) is 18.2 Å². The Morgan fingerprint density at radius 1 is 1.33 bits per heavy atom. The van der Waals surface area contributed by atoms with Crippen LogP contribution in [0.15, 0.2) is 29.3 Å². The molecular formula is C14H22FIN4O. The van der Waals surface area contributed by atoms with Crippen molar-refractivity contribution >= 4 is 35.8 Å². The number of benzene rings is 1. The van der Waals surface area contributed by atoms with E-state index in [0.717, 1.165) is 0 Å². The van der Waals surface area contributed by atoms with Crippen molar-refractivity contribution in [2.45, 2.75) is 26.3 Å². The third-order valence-corrected chi connectivity index (χ3v) is 2.30. The Balaban J connectivity index is 0.00000400. The maximum atomic E-state index is 13.3. The lowest BCUT2D eigenvalue weighted by atomic mass is 10.1. The molecule has 0 aliphatic rings. The topological polar surface area (TPSA) is 79.5 Å². The maximum absolute atomic E-state index is 13.3. The van der Waals surface area contributed by atoms with Crippen molar-refractivity contribution in [1.29, 1.82) is 0 Å². The fourth-order valence-corrected chi connectivity index (χ4v) is 1.51. The summed E-state index contributed by atoms with van der Waals surface area (Å²) >= 11 is 0. The summed E-state index contributed by atoms with van der Waals surface area (Å²) in [6.45, 7) is 6.52. The van der Waals surface area contributed by atoms with E-state index in [4.69, 9.17) is 5.73 Å². The Labute approximate surface area is 141 Å². The third-order valence-electron chi connectivity index (χ3n) is 2.30. The van der Waals surface area contributed by atoms with Gasteiger partial charge in [0.05, 0.1) is 12.1 Å². The van der Waals surface area contributed by atoms with Crippen LogP contribution in [-0.2, 0) is 0 Å². The van der Waals surface area contributed by atoms with E-state index in [2.05, 4.69) is 15.6 Å². The Hall–Kier alpha value is -1.38. The second kappa shape index (κ2) is 8.81. The van der Waals surface area contributed by atoms with Crippen LogP contribution < -0.4 is 16.4 Å². The van der Waals surface area contributed by atoms with Crippen LogP contribution in [0.5, 0.6) is 0 Å². The number of guanidine groups is 1. The standard InChI is InChI=1S/C14H21FN4O.HI/c1-14(2,3)19-13(16)18-9-8-17-12(20)10-6-4-5-7-11(10)15;/h4-7H,8-9H2,1-3H3,(H,17,20)(H3,16,18,19);1H. The Kier molecular flexibility index (Phi) is 8.23. The van der Waals surface area contributed by atoms with Gasteiger partial charge in [0.1, 0.15) is 5.82 Å². The first-order valence-corrected chi connectivity index (χ1v) is 6.40. The summed E-state index contributed by atoms with van der Waals surface area (Å²) in [5.74, 6) is -0.680. The van der Waals surface area contributed by atoms with Gasteiger partial charge in [-0.05, 0) is 32.9 Å². The first-order chi connectivity index (χ1) is 9.29. The molecule has 1 aromatic carbocycles. The van der Waals surface area contributed by atoms with E-state index in [0.29, 0.717) is 19.0 Å². The minimum atomic E-state index is -0.539. The van der Waals surface area contributed by atoms with Gasteiger partial charge in [-0.2, -0.15) is 0 Å². The van der Waals surface area contributed by atoms with E-state index in [1.807, 2.05) is 20.8 Å². The number of nitrogens with two attached hydrogens (primary N) is 1. The number of amides is 1. The summed E-state index contributed by atoms with van der Waals surface area (Å²) in [4.78, 5) is 15.8. The third kappa shape index (κ3) is 7.84. The van der Waals surface area contributed by atoms with Crippen molar-refractivity contribution in [1.82, 2.24) is 10.6 Å². The van der Waals surface area contributed by atoms with Crippen LogP contribution >= 0.6 is 24.0 Å². The van der Waals surface area contributed by atoms with Crippen LogP contribution in [0.1, 0.15) is 31.1 Å². The van der Waals surface area contributed by atoms with Crippen molar-refractivity contribution in [2.75, 3.05) is 13.1 Å². The molecule has 0 spiro atoms. The van der Waals surface area contributed by atoms with E-state index < -0.39 is 11.7 Å². The molecule has 0 saturated heterocycles. The minimum Gasteiger partial charge on any atom is -0.370 e. The van der Waals surface area contributed by atoms with Gasteiger partial charge in [-0.15, -0.1) is 24.0 Å². The predicted molar refractivity (Wildman–Crippen MR) is 93.5 cm³/mol. The molecule has 5 nitrogen and oxygen atoms in total. The predicted octanol–water partition coefficient (Wildman–Crippen LogP) is 1.88. The number of aliphatic imine (C=N–C) groups is 1. The number of nitrogens with one attached hydrogen (secondary N) is 2. The zero-order valence-corrected chi connectivity index (χ0v) is 14.8. The first-order valence-electron chi connectivity index (χ1n) is 6.40. The number of halogens is 2. The Bertz CT molecular complexity index is 500. The lowest BCUT2D eigenvalue weighted by Crippen LogP contribution is -2.45. The average molecular weight is 408 g/mol. The van der Waals surface area contributed by atoms with Gasteiger partial charge in [0, 0.05) is 12.1 Å². The number of hydrogen-bond donors (Lipinski definition) is 3. The second-order valence-corrected chi connectivity index (χ2v) is 5.38. The number of rotatable bonds is 4. The normalized spacial score (nSPS) is 11.5. The lowest BCUT2D eigenvalue weighted by molar-refractivity contribution is 0.0951. The van der Waals surface area contributed by atoms with Crippen molar-refractivity contribution in [3.05, 3.63) is 35.6 Å². The smallest absolute Gasteiger partial charge is 0.254 e. The molecule has 0 saturated carbocycles. The molecule has 0 fully saturated rings. The Morgan fingerprint density at radius 3 is 2.52 bits per heavy atom. The molecule has 118 valence electrons. The molecule has 0 radical (unpaired) electrons. The molecule has 1 rings (SSSR count). The molecule has 0 heterocycles. The van der Waals surface area contributed by atoms with Gasteiger partial charge in [0.25, 0.3) is 5.91 Å². The highest BCUT2D eigenvalue weighted by Crippen LogP contribution is 2.05. The summed E-state index contributed by atoms with van der Waals surface area (Å²) in [6.07, 6.45) is 0. The van der Waals surface area contributed by atoms with Crippen LogP contribution in [-0.4, -0.2) is 30.5 Å². The lowest BCUT2D eigenvalue weighted by Gasteiger charge is -2.20. The largest absolute Gasteiger partial charge is 0.370 e. The van der Waals surface area contributed by atoms with Crippen LogP contribution in [0, 0.1) is 5.82 Å². The van der Waals surface area contributed by atoms with Crippen molar-refractivity contribution in [3.8, 4) is 0 Å². The molecule has 0 unspecified atom stereocenters. The highest BCUT2D eigenvalue weighted by atomic mass is 127. The highest BCUT2D eigenvalue weighted by molar-refractivity contribution is 14.0. The quantitative estimate of drug-likeness (QED) is 0.308. The van der Waals surface area contributed by atoms with Gasteiger partial charge >= 0.3 is 0 Å². The molecule has 21 heavy (non-hydrogen) atoms. The van der Waals surface area contributed by atoms with Crippen molar-refractivity contribution < 1.29 is 9.18 Å². The summed E-state index contributed by atoms with van der Waals surface area (Å²) in [6, 6.07) is 5.83. The molecule has 0 bridgehead atoms. The number of hydrogen-bond acceptors (Lipinski definition) is 2. The SMILES string of the molecule is CC(C)(C)NC(N)=NCCNC(=O)c1ccccc1F.I. The molecule has 1 amide bonds. The van der Waals surface area contributed by atoms with Crippen LogP contribution in [0.25, 0.3) is 0 Å². The van der Waals surface area contributed by atoms with Crippen LogP contribution in [0.3, 0.4) is 0 Å². The van der Waals surface area contributed by atoms with E-state index in [1.54, 1.807) is 6.07 Å². The van der Waals surface area contributed by atoms with Crippen LogP contribution in [0.4, 0.5) is 4.39 Å². The number of carbonyl (C=O) groups excluding carboxylic acids is 1.